The summed E-state index contributed by atoms with van der Waals surface area (Å²) in [6.45, 7) is 1.38. The van der Waals surface area contributed by atoms with Crippen LogP contribution in [0.25, 0.3) is 0 Å². The summed E-state index contributed by atoms with van der Waals surface area (Å²) in [5.41, 5.74) is 0. The first kappa shape index (κ1) is 11.7. The van der Waals surface area contributed by atoms with Gasteiger partial charge in [0.25, 0.3) is 0 Å². The molecule has 0 aromatic carbocycles. The van der Waals surface area contributed by atoms with Crippen molar-refractivity contribution >= 4 is 7.69 Å². The van der Waals surface area contributed by atoms with E-state index in [-0.39, 0.29) is 7.69 Å². The van der Waals surface area contributed by atoms with Gasteiger partial charge in [0.1, 0.15) is 0 Å². The Bertz CT molecular complexity index is 31.7. The van der Waals surface area contributed by atoms with Gasteiger partial charge in [0.05, 0.1) is 13.2 Å². The SMILES string of the molecule is COCCOC.O[B]O. The Morgan fingerprint density at radius 1 is 1.11 bits per heavy atom. The van der Waals surface area contributed by atoms with Crippen molar-refractivity contribution in [3.05, 3.63) is 0 Å². The van der Waals surface area contributed by atoms with Crippen molar-refractivity contribution in [2.75, 3.05) is 27.4 Å². The maximum atomic E-state index is 7.00. The van der Waals surface area contributed by atoms with E-state index in [1.54, 1.807) is 14.2 Å². The smallest absolute Gasteiger partial charge is 0.429 e. The molecule has 0 fully saturated rings. The fourth-order valence-electron chi connectivity index (χ4n) is 0.167. The second-order valence-electron chi connectivity index (χ2n) is 1.10. The molecule has 0 heterocycles. The van der Waals surface area contributed by atoms with Crippen LogP contribution in [-0.2, 0) is 9.47 Å². The molecule has 55 valence electrons. The molecule has 0 bridgehead atoms. The molecule has 0 aromatic heterocycles. The van der Waals surface area contributed by atoms with Gasteiger partial charge in [-0.1, -0.05) is 0 Å². The van der Waals surface area contributed by atoms with Gasteiger partial charge in [-0.2, -0.15) is 0 Å². The van der Waals surface area contributed by atoms with E-state index in [1.165, 1.54) is 0 Å². The summed E-state index contributed by atoms with van der Waals surface area (Å²) in [5, 5.41) is 14.0. The molecule has 2 N–H and O–H groups in total. The number of methoxy groups -OCH3 is 2. The average molecular weight is 135 g/mol. The van der Waals surface area contributed by atoms with E-state index in [2.05, 4.69) is 9.47 Å². The molecule has 5 heteroatoms. The van der Waals surface area contributed by atoms with Crippen LogP contribution in [0.3, 0.4) is 0 Å². The molecule has 0 aliphatic carbocycles. The van der Waals surface area contributed by atoms with Gasteiger partial charge in [-0.25, -0.2) is 0 Å². The van der Waals surface area contributed by atoms with Crippen LogP contribution in [0.1, 0.15) is 0 Å². The van der Waals surface area contributed by atoms with Crippen LogP contribution in [0, 0.1) is 0 Å². The van der Waals surface area contributed by atoms with Crippen molar-refractivity contribution in [1.82, 2.24) is 0 Å². The van der Waals surface area contributed by atoms with Crippen molar-refractivity contribution in [1.29, 1.82) is 0 Å². The van der Waals surface area contributed by atoms with E-state index >= 15 is 0 Å². The van der Waals surface area contributed by atoms with Crippen molar-refractivity contribution in [3.8, 4) is 0 Å². The van der Waals surface area contributed by atoms with Crippen molar-refractivity contribution in [2.45, 2.75) is 0 Å². The zero-order valence-corrected chi connectivity index (χ0v) is 5.70. The van der Waals surface area contributed by atoms with E-state index in [0.29, 0.717) is 13.2 Å². The predicted molar refractivity (Wildman–Crippen MR) is 33.9 cm³/mol. The molecule has 0 unspecified atom stereocenters. The lowest BCUT2D eigenvalue weighted by molar-refractivity contribution is 0.103. The summed E-state index contributed by atoms with van der Waals surface area (Å²) in [4.78, 5) is 0. The number of ether oxygens (including phenoxy) is 2. The van der Waals surface area contributed by atoms with E-state index in [1.807, 2.05) is 0 Å². The number of hydrogen-bond acceptors (Lipinski definition) is 4. The van der Waals surface area contributed by atoms with Crippen molar-refractivity contribution < 1.29 is 19.5 Å². The van der Waals surface area contributed by atoms with E-state index < -0.39 is 0 Å². The summed E-state index contributed by atoms with van der Waals surface area (Å²) < 4.78 is 9.31. The van der Waals surface area contributed by atoms with Crippen LogP contribution < -0.4 is 0 Å². The highest BCUT2D eigenvalue weighted by molar-refractivity contribution is 6.13. The topological polar surface area (TPSA) is 58.9 Å². The molecule has 0 amide bonds. The normalized spacial score (nSPS) is 7.56. The minimum absolute atomic E-state index is 0. The summed E-state index contributed by atoms with van der Waals surface area (Å²) in [7, 11) is 3.30. The predicted octanol–water partition coefficient (Wildman–Crippen LogP) is -1.22. The van der Waals surface area contributed by atoms with Gasteiger partial charge in [-0.05, 0) is 0 Å². The van der Waals surface area contributed by atoms with E-state index in [9.17, 15) is 0 Å². The monoisotopic (exact) mass is 135 g/mol. The lowest BCUT2D eigenvalue weighted by atomic mass is 10.5. The Kier molecular flexibility index (Phi) is 20.3. The largest absolute Gasteiger partial charge is 0.482 e. The minimum atomic E-state index is 0. The quantitative estimate of drug-likeness (QED) is 0.376. The van der Waals surface area contributed by atoms with Gasteiger partial charge in [0.15, 0.2) is 0 Å². The van der Waals surface area contributed by atoms with Crippen LogP contribution >= 0.6 is 0 Å². The highest BCUT2D eigenvalue weighted by atomic mass is 16.5. The summed E-state index contributed by atoms with van der Waals surface area (Å²) in [5.74, 6) is 0. The molecule has 0 saturated heterocycles. The van der Waals surface area contributed by atoms with E-state index in [4.69, 9.17) is 10.0 Å². The molecular weight excluding hydrogens is 123 g/mol. The second kappa shape index (κ2) is 15.7. The molecule has 0 saturated carbocycles. The fourth-order valence-corrected chi connectivity index (χ4v) is 0.167. The molecule has 0 spiro atoms. The maximum Gasteiger partial charge on any atom is 0.482 e. The molecular formula is C4H12BO4. The molecule has 4 nitrogen and oxygen atoms in total. The lowest BCUT2D eigenvalue weighted by Crippen LogP contribution is -1.96. The van der Waals surface area contributed by atoms with Crippen LogP contribution in [0.2, 0.25) is 0 Å². The standard InChI is InChI=1S/C4H10O2.BH2O2/c1-5-3-4-6-2;2-1-3/h3-4H2,1-2H3;2-3H. The van der Waals surface area contributed by atoms with Crippen LogP contribution in [0.4, 0.5) is 0 Å². The molecule has 0 aromatic rings. The summed E-state index contributed by atoms with van der Waals surface area (Å²) >= 11 is 0. The number of hydrogen-bond donors (Lipinski definition) is 2. The Morgan fingerprint density at radius 2 is 1.33 bits per heavy atom. The van der Waals surface area contributed by atoms with Crippen molar-refractivity contribution in [2.24, 2.45) is 0 Å². The molecule has 0 aliphatic heterocycles. The third-order valence-corrected chi connectivity index (χ3v) is 0.492. The van der Waals surface area contributed by atoms with Gasteiger partial charge in [0.2, 0.25) is 0 Å². The highest BCUT2D eigenvalue weighted by Crippen LogP contribution is 1.65. The Morgan fingerprint density at radius 3 is 1.44 bits per heavy atom. The van der Waals surface area contributed by atoms with Gasteiger partial charge >= 0.3 is 7.69 Å². The van der Waals surface area contributed by atoms with Crippen molar-refractivity contribution in [3.63, 3.8) is 0 Å². The van der Waals surface area contributed by atoms with Crippen LogP contribution in [0.5, 0.6) is 0 Å². The average Bonchev–Trinajstić information content (AvgIpc) is 1.86. The molecule has 9 heavy (non-hydrogen) atoms. The minimum Gasteiger partial charge on any atom is -0.429 e. The highest BCUT2D eigenvalue weighted by Gasteiger charge is 1.73. The third-order valence-electron chi connectivity index (χ3n) is 0.492. The third kappa shape index (κ3) is 32.7. The molecule has 0 atom stereocenters. The Hall–Kier alpha value is -0.0951. The fraction of sp³-hybridized carbons (Fsp3) is 1.00. The van der Waals surface area contributed by atoms with Crippen LogP contribution in [0.15, 0.2) is 0 Å². The molecule has 0 rings (SSSR count). The molecule has 1 radical (unpaired) electrons. The maximum absolute atomic E-state index is 7.00. The first-order valence-electron chi connectivity index (χ1n) is 2.41. The zero-order chi connectivity index (χ0) is 7.54. The van der Waals surface area contributed by atoms with Gasteiger partial charge < -0.3 is 19.5 Å². The molecule has 0 aliphatic rings. The summed E-state index contributed by atoms with van der Waals surface area (Å²) in [6.07, 6.45) is 0. The second-order valence-corrected chi connectivity index (χ2v) is 1.10. The first-order valence-corrected chi connectivity index (χ1v) is 2.41. The van der Waals surface area contributed by atoms with Gasteiger partial charge in [0, 0.05) is 14.2 Å². The Balaban J connectivity index is 0. The zero-order valence-electron chi connectivity index (χ0n) is 5.70. The lowest BCUT2D eigenvalue weighted by Gasteiger charge is -1.91. The summed E-state index contributed by atoms with van der Waals surface area (Å²) in [6, 6.07) is 0. The van der Waals surface area contributed by atoms with E-state index in [0.717, 1.165) is 0 Å². The van der Waals surface area contributed by atoms with Crippen LogP contribution in [-0.4, -0.2) is 45.2 Å². The van der Waals surface area contributed by atoms with Gasteiger partial charge in [-0.3, -0.25) is 0 Å². The number of rotatable bonds is 3. The van der Waals surface area contributed by atoms with Gasteiger partial charge in [-0.15, -0.1) is 0 Å². The first-order chi connectivity index (χ1) is 4.33. The Labute approximate surface area is 55.7 Å².